The van der Waals surface area contributed by atoms with E-state index in [1.54, 1.807) is 6.92 Å². The maximum absolute atomic E-state index is 12.5. The molecule has 3 aliphatic rings. The van der Waals surface area contributed by atoms with Gasteiger partial charge in [0.2, 0.25) is 0 Å². The second kappa shape index (κ2) is 9.69. The Morgan fingerprint density at radius 1 is 1.21 bits per heavy atom. The van der Waals surface area contributed by atoms with Gasteiger partial charge in [0, 0.05) is 31.6 Å². The lowest BCUT2D eigenvalue weighted by Crippen LogP contribution is -2.52. The lowest BCUT2D eigenvalue weighted by molar-refractivity contribution is -0.180. The molecule has 0 amide bonds. The third-order valence-corrected chi connectivity index (χ3v) is 8.15. The fraction of sp³-hybridized carbons (Fsp3) is 0.852. The molecule has 6 nitrogen and oxygen atoms in total. The number of ether oxygens (including phenoxy) is 3. The first-order chi connectivity index (χ1) is 15.2. The van der Waals surface area contributed by atoms with Crippen molar-refractivity contribution in [2.45, 2.75) is 117 Å². The van der Waals surface area contributed by atoms with E-state index >= 15 is 0 Å². The Morgan fingerprint density at radius 2 is 1.88 bits per heavy atom. The van der Waals surface area contributed by atoms with Crippen LogP contribution in [-0.4, -0.2) is 46.6 Å². The summed E-state index contributed by atoms with van der Waals surface area (Å²) < 4.78 is 18.5. The van der Waals surface area contributed by atoms with Crippen LogP contribution in [0.15, 0.2) is 12.2 Å². The molecule has 3 fully saturated rings. The van der Waals surface area contributed by atoms with E-state index in [-0.39, 0.29) is 41.9 Å². The number of esters is 2. The van der Waals surface area contributed by atoms with E-state index in [9.17, 15) is 14.7 Å². The van der Waals surface area contributed by atoms with E-state index < -0.39 is 17.3 Å². The predicted molar refractivity (Wildman–Crippen MR) is 126 cm³/mol. The molecule has 188 valence electrons. The molecule has 6 heteroatoms. The molecular formula is C27H44O6. The summed E-state index contributed by atoms with van der Waals surface area (Å²) in [7, 11) is 0. The number of aliphatic hydroxyl groups is 1. The molecule has 0 aromatic heterocycles. The lowest BCUT2D eigenvalue weighted by Gasteiger charge is -2.46. The first-order valence-corrected chi connectivity index (χ1v) is 12.7. The van der Waals surface area contributed by atoms with Crippen LogP contribution in [0.25, 0.3) is 0 Å². The van der Waals surface area contributed by atoms with Crippen molar-refractivity contribution in [3.63, 3.8) is 0 Å². The fourth-order valence-electron chi connectivity index (χ4n) is 6.61. The van der Waals surface area contributed by atoms with Crippen molar-refractivity contribution in [2.24, 2.45) is 29.6 Å². The van der Waals surface area contributed by atoms with Crippen LogP contribution >= 0.6 is 0 Å². The quantitative estimate of drug-likeness (QED) is 0.464. The van der Waals surface area contributed by atoms with Gasteiger partial charge in [0.25, 0.3) is 0 Å². The number of rotatable bonds is 5. The third-order valence-electron chi connectivity index (χ3n) is 8.15. The minimum absolute atomic E-state index is 0.0858. The lowest BCUT2D eigenvalue weighted by atomic mass is 9.60. The molecular weight excluding hydrogens is 420 g/mol. The average molecular weight is 465 g/mol. The summed E-state index contributed by atoms with van der Waals surface area (Å²) >= 11 is 0. The molecule has 2 bridgehead atoms. The molecule has 0 radical (unpaired) electrons. The Morgan fingerprint density at radius 3 is 2.45 bits per heavy atom. The summed E-state index contributed by atoms with van der Waals surface area (Å²) in [6.07, 6.45) is 2.24. The smallest absolute Gasteiger partial charge is 0.306 e. The van der Waals surface area contributed by atoms with Gasteiger partial charge < -0.3 is 19.3 Å². The summed E-state index contributed by atoms with van der Waals surface area (Å²) in [5.41, 5.74) is -0.986. The molecule has 0 spiro atoms. The van der Waals surface area contributed by atoms with Crippen LogP contribution in [0.4, 0.5) is 0 Å². The van der Waals surface area contributed by atoms with Gasteiger partial charge in [-0.2, -0.15) is 0 Å². The van der Waals surface area contributed by atoms with Gasteiger partial charge in [-0.1, -0.05) is 39.8 Å². The topological polar surface area (TPSA) is 82.1 Å². The molecule has 2 heterocycles. The Labute approximate surface area is 199 Å². The largest absolute Gasteiger partial charge is 0.459 e. The summed E-state index contributed by atoms with van der Waals surface area (Å²) in [6.45, 7) is 17.9. The monoisotopic (exact) mass is 464 g/mol. The van der Waals surface area contributed by atoms with Crippen LogP contribution in [-0.2, 0) is 23.8 Å². The number of carbonyl (C=O) groups excluding carboxylic acids is 2. The van der Waals surface area contributed by atoms with Gasteiger partial charge in [-0.3, -0.25) is 9.59 Å². The number of hydrogen-bond donors (Lipinski definition) is 1. The van der Waals surface area contributed by atoms with Gasteiger partial charge >= 0.3 is 11.9 Å². The first kappa shape index (κ1) is 26.2. The first-order valence-electron chi connectivity index (χ1n) is 12.7. The van der Waals surface area contributed by atoms with E-state index in [4.69, 9.17) is 14.2 Å². The van der Waals surface area contributed by atoms with Crippen molar-refractivity contribution in [3.05, 3.63) is 12.2 Å². The highest BCUT2D eigenvalue weighted by Gasteiger charge is 2.60. The molecule has 3 rings (SSSR count). The molecule has 0 aromatic carbocycles. The molecule has 33 heavy (non-hydrogen) atoms. The van der Waals surface area contributed by atoms with Crippen LogP contribution in [0.1, 0.15) is 87.0 Å². The van der Waals surface area contributed by atoms with Crippen molar-refractivity contribution < 1.29 is 28.9 Å². The predicted octanol–water partition coefficient (Wildman–Crippen LogP) is 4.82. The highest BCUT2D eigenvalue weighted by atomic mass is 16.6. The van der Waals surface area contributed by atoms with Crippen LogP contribution in [0, 0.1) is 29.6 Å². The zero-order chi connectivity index (χ0) is 24.7. The van der Waals surface area contributed by atoms with Crippen molar-refractivity contribution in [2.75, 3.05) is 0 Å². The SMILES string of the molecule is C=C1CCC(C(C)C)C2C1C1CC(C)(O)C(OC(=O)CC(C)C)CCC(C)(OC(C)=O)C2O1. The molecule has 1 aliphatic carbocycles. The minimum atomic E-state index is -1.26. The van der Waals surface area contributed by atoms with E-state index in [2.05, 4.69) is 20.4 Å². The molecule has 8 unspecified atom stereocenters. The van der Waals surface area contributed by atoms with Crippen LogP contribution in [0.3, 0.4) is 0 Å². The number of carbonyl (C=O) groups is 2. The van der Waals surface area contributed by atoms with E-state index in [0.717, 1.165) is 18.4 Å². The van der Waals surface area contributed by atoms with Crippen molar-refractivity contribution in [1.82, 2.24) is 0 Å². The summed E-state index contributed by atoms with van der Waals surface area (Å²) in [4.78, 5) is 24.7. The second-order valence-electron chi connectivity index (χ2n) is 11.9. The normalized spacial score (nSPS) is 41.2. The minimum Gasteiger partial charge on any atom is -0.459 e. The highest BCUT2D eigenvalue weighted by molar-refractivity contribution is 5.70. The second-order valence-corrected chi connectivity index (χ2v) is 11.9. The van der Waals surface area contributed by atoms with Gasteiger partial charge in [0.1, 0.15) is 23.4 Å². The van der Waals surface area contributed by atoms with E-state index in [1.165, 1.54) is 6.92 Å². The van der Waals surface area contributed by atoms with Gasteiger partial charge in [-0.25, -0.2) is 0 Å². The van der Waals surface area contributed by atoms with Crippen molar-refractivity contribution in [3.8, 4) is 0 Å². The maximum atomic E-state index is 12.5. The van der Waals surface area contributed by atoms with Crippen molar-refractivity contribution in [1.29, 1.82) is 0 Å². The van der Waals surface area contributed by atoms with Gasteiger partial charge in [-0.05, 0) is 57.3 Å². The van der Waals surface area contributed by atoms with E-state index in [0.29, 0.717) is 37.5 Å². The summed E-state index contributed by atoms with van der Waals surface area (Å²) in [6, 6.07) is 0. The Hall–Kier alpha value is -1.40. The van der Waals surface area contributed by atoms with Crippen LogP contribution < -0.4 is 0 Å². The molecule has 2 saturated heterocycles. The molecule has 0 aromatic rings. The number of fused-ring (bicyclic) bond motifs is 5. The fourth-order valence-corrected chi connectivity index (χ4v) is 6.61. The van der Waals surface area contributed by atoms with Gasteiger partial charge in [0.05, 0.1) is 6.10 Å². The third kappa shape index (κ3) is 5.48. The zero-order valence-corrected chi connectivity index (χ0v) is 21.6. The molecule has 2 aliphatic heterocycles. The van der Waals surface area contributed by atoms with Crippen LogP contribution in [0.2, 0.25) is 0 Å². The Balaban J connectivity index is 2.01. The van der Waals surface area contributed by atoms with Gasteiger partial charge in [-0.15, -0.1) is 0 Å². The van der Waals surface area contributed by atoms with E-state index in [1.807, 2.05) is 20.8 Å². The number of hydrogen-bond acceptors (Lipinski definition) is 6. The Kier molecular flexibility index (Phi) is 7.70. The molecule has 8 atom stereocenters. The highest BCUT2D eigenvalue weighted by Crippen LogP contribution is 2.56. The molecule has 1 N–H and O–H groups in total. The van der Waals surface area contributed by atoms with Gasteiger partial charge in [0.15, 0.2) is 0 Å². The Bertz CT molecular complexity index is 756. The average Bonchev–Trinajstić information content (AvgIpc) is 3.04. The zero-order valence-electron chi connectivity index (χ0n) is 21.6. The maximum Gasteiger partial charge on any atom is 0.306 e. The molecule has 1 saturated carbocycles. The summed E-state index contributed by atoms with van der Waals surface area (Å²) in [5.74, 6) is 0.660. The standard InChI is InChI=1S/C27H44O6/c1-15(2)13-22(29)32-21-11-12-27(8,33-18(6)28)25-24-19(16(3)4)10-9-17(5)23(24)20(31-25)14-26(21,7)30/h15-16,19-21,23-25,30H,5,9-14H2,1-4,6-8H3. The van der Waals surface area contributed by atoms with Crippen molar-refractivity contribution >= 4 is 11.9 Å². The summed E-state index contributed by atoms with van der Waals surface area (Å²) in [5, 5.41) is 11.6. The van der Waals surface area contributed by atoms with Crippen LogP contribution in [0.5, 0.6) is 0 Å².